The van der Waals surface area contributed by atoms with Gasteiger partial charge in [0.1, 0.15) is 12.5 Å². The first-order valence-corrected chi connectivity index (χ1v) is 9.17. The summed E-state index contributed by atoms with van der Waals surface area (Å²) in [5.74, 6) is 1.48. The number of benzene rings is 1. The van der Waals surface area contributed by atoms with Crippen LogP contribution >= 0.6 is 0 Å². The Hall–Kier alpha value is -1.36. The monoisotopic (exact) mass is 345 g/mol. The third-order valence-corrected chi connectivity index (χ3v) is 6.01. The molecule has 25 heavy (non-hydrogen) atoms. The Bertz CT molecular complexity index is 642. The van der Waals surface area contributed by atoms with Gasteiger partial charge >= 0.3 is 0 Å². The van der Waals surface area contributed by atoms with Crippen molar-refractivity contribution >= 4 is 0 Å². The molecule has 1 aliphatic heterocycles. The molecule has 0 saturated heterocycles. The van der Waals surface area contributed by atoms with E-state index in [0.717, 1.165) is 31.7 Å². The predicted octanol–water partition coefficient (Wildman–Crippen LogP) is 3.66. The number of fused-ring (bicyclic) bond motifs is 2. The van der Waals surface area contributed by atoms with Crippen LogP contribution < -0.4 is 4.74 Å². The molecule has 138 valence electrons. The molecule has 0 radical (unpaired) electrons. The Morgan fingerprint density at radius 3 is 2.76 bits per heavy atom. The zero-order valence-electron chi connectivity index (χ0n) is 16.2. The Morgan fingerprint density at radius 1 is 1.28 bits per heavy atom. The summed E-state index contributed by atoms with van der Waals surface area (Å²) in [6.45, 7) is 7.00. The fourth-order valence-corrected chi connectivity index (χ4v) is 4.64. The van der Waals surface area contributed by atoms with Gasteiger partial charge in [0.05, 0.1) is 13.2 Å². The van der Waals surface area contributed by atoms with E-state index >= 15 is 0 Å². The molecule has 0 bridgehead atoms. The molecule has 3 rings (SSSR count). The minimum absolute atomic E-state index is 0.0473. The summed E-state index contributed by atoms with van der Waals surface area (Å²) in [6.07, 6.45) is 6.92. The van der Waals surface area contributed by atoms with Gasteiger partial charge < -0.3 is 19.1 Å². The first kappa shape index (κ1) is 18.4. The van der Waals surface area contributed by atoms with E-state index in [4.69, 9.17) is 14.2 Å². The van der Waals surface area contributed by atoms with Gasteiger partial charge in [-0.2, -0.15) is 0 Å². The number of nitrogens with zero attached hydrogens (tertiary/aromatic N) is 1. The van der Waals surface area contributed by atoms with Crippen molar-refractivity contribution in [3.05, 3.63) is 41.0 Å². The summed E-state index contributed by atoms with van der Waals surface area (Å²) in [7, 11) is 5.65. The van der Waals surface area contributed by atoms with E-state index in [1.165, 1.54) is 16.7 Å². The molecule has 1 aromatic rings. The Balaban J connectivity index is 2.07. The quantitative estimate of drug-likeness (QED) is 0.615. The summed E-state index contributed by atoms with van der Waals surface area (Å²) in [5.41, 5.74) is 4.21. The molecule has 1 aromatic carbocycles. The van der Waals surface area contributed by atoms with Gasteiger partial charge in [-0.3, -0.25) is 0 Å². The lowest BCUT2D eigenvalue weighted by atomic mass is 9.62. The van der Waals surface area contributed by atoms with E-state index in [1.807, 2.05) is 0 Å². The number of rotatable bonds is 4. The van der Waals surface area contributed by atoms with Crippen LogP contribution in [0.5, 0.6) is 5.75 Å². The van der Waals surface area contributed by atoms with Gasteiger partial charge in [-0.1, -0.05) is 25.1 Å². The summed E-state index contributed by atoms with van der Waals surface area (Å²) >= 11 is 0. The molecule has 0 saturated carbocycles. The topological polar surface area (TPSA) is 30.9 Å². The van der Waals surface area contributed by atoms with Crippen molar-refractivity contribution in [2.45, 2.75) is 44.8 Å². The van der Waals surface area contributed by atoms with Crippen LogP contribution in [0.1, 0.15) is 36.5 Å². The molecule has 0 aromatic heterocycles. The van der Waals surface area contributed by atoms with E-state index in [1.54, 1.807) is 14.2 Å². The second-order valence-corrected chi connectivity index (χ2v) is 7.56. The molecule has 3 atom stereocenters. The molecule has 1 heterocycles. The highest BCUT2D eigenvalue weighted by molar-refractivity contribution is 5.52. The molecular weight excluding hydrogens is 314 g/mol. The van der Waals surface area contributed by atoms with Gasteiger partial charge in [-0.05, 0) is 62.0 Å². The standard InChI is InChI=1S/C21H31NO3/c1-15-12-18(25-14-23-4)8-9-21(15)10-11-22(3)13-17-6-7-19(24-5)16(2)20(17)21/h6-9,15,18H,10-14H2,1-5H3. The van der Waals surface area contributed by atoms with Crippen molar-refractivity contribution in [1.82, 2.24) is 4.90 Å². The number of allylic oxidation sites excluding steroid dienone is 1. The molecule has 0 N–H and O–H groups in total. The predicted molar refractivity (Wildman–Crippen MR) is 100 cm³/mol. The normalized spacial score (nSPS) is 29.5. The van der Waals surface area contributed by atoms with Crippen molar-refractivity contribution in [2.24, 2.45) is 5.92 Å². The number of hydrogen-bond acceptors (Lipinski definition) is 4. The van der Waals surface area contributed by atoms with Crippen LogP contribution in [0.2, 0.25) is 0 Å². The van der Waals surface area contributed by atoms with Crippen LogP contribution in [0.15, 0.2) is 24.3 Å². The van der Waals surface area contributed by atoms with E-state index in [9.17, 15) is 0 Å². The third-order valence-electron chi connectivity index (χ3n) is 6.01. The average molecular weight is 345 g/mol. The van der Waals surface area contributed by atoms with Gasteiger partial charge in [-0.25, -0.2) is 0 Å². The third kappa shape index (κ3) is 3.35. The SMILES string of the molecule is COCOC1C=CC2(CCN(C)Cc3ccc(OC)c(C)c32)C(C)C1. The maximum atomic E-state index is 5.81. The van der Waals surface area contributed by atoms with E-state index in [0.29, 0.717) is 12.7 Å². The Morgan fingerprint density at radius 2 is 2.08 bits per heavy atom. The zero-order chi connectivity index (χ0) is 18.0. The lowest BCUT2D eigenvalue weighted by molar-refractivity contribution is -0.0660. The molecule has 2 aliphatic rings. The summed E-state index contributed by atoms with van der Waals surface area (Å²) in [6, 6.07) is 4.36. The molecule has 0 amide bonds. The molecule has 1 aliphatic carbocycles. The van der Waals surface area contributed by atoms with E-state index in [2.05, 4.69) is 50.1 Å². The minimum Gasteiger partial charge on any atom is -0.496 e. The van der Waals surface area contributed by atoms with Crippen LogP contribution in [0, 0.1) is 12.8 Å². The summed E-state index contributed by atoms with van der Waals surface area (Å²) < 4.78 is 16.5. The van der Waals surface area contributed by atoms with E-state index < -0.39 is 0 Å². The van der Waals surface area contributed by atoms with Gasteiger partial charge in [0.25, 0.3) is 0 Å². The zero-order valence-corrected chi connectivity index (χ0v) is 16.2. The van der Waals surface area contributed by atoms with Crippen molar-refractivity contribution in [2.75, 3.05) is 34.6 Å². The number of hydrogen-bond donors (Lipinski definition) is 0. The van der Waals surface area contributed by atoms with Crippen molar-refractivity contribution in [1.29, 1.82) is 0 Å². The number of methoxy groups -OCH3 is 2. The highest BCUT2D eigenvalue weighted by Gasteiger charge is 2.43. The fraction of sp³-hybridized carbons (Fsp3) is 0.619. The first-order valence-electron chi connectivity index (χ1n) is 9.17. The van der Waals surface area contributed by atoms with Gasteiger partial charge in [0.2, 0.25) is 0 Å². The van der Waals surface area contributed by atoms with Gasteiger partial charge in [-0.15, -0.1) is 0 Å². The largest absolute Gasteiger partial charge is 0.496 e. The lowest BCUT2D eigenvalue weighted by Gasteiger charge is -2.43. The van der Waals surface area contributed by atoms with Crippen molar-refractivity contribution in [3.8, 4) is 5.75 Å². The van der Waals surface area contributed by atoms with E-state index in [-0.39, 0.29) is 11.5 Å². The van der Waals surface area contributed by atoms with Crippen molar-refractivity contribution in [3.63, 3.8) is 0 Å². The molecular formula is C21H31NO3. The maximum absolute atomic E-state index is 5.81. The smallest absolute Gasteiger partial charge is 0.147 e. The minimum atomic E-state index is 0.0473. The molecule has 4 nitrogen and oxygen atoms in total. The second kappa shape index (κ2) is 7.48. The average Bonchev–Trinajstić information content (AvgIpc) is 2.74. The Labute approximate surface area is 151 Å². The molecule has 3 unspecified atom stereocenters. The second-order valence-electron chi connectivity index (χ2n) is 7.56. The highest BCUT2D eigenvalue weighted by Crippen LogP contribution is 2.48. The number of ether oxygens (including phenoxy) is 3. The molecule has 4 heteroatoms. The Kier molecular flexibility index (Phi) is 5.52. The highest BCUT2D eigenvalue weighted by atomic mass is 16.7. The van der Waals surface area contributed by atoms with Crippen LogP contribution in [-0.4, -0.2) is 45.6 Å². The molecule has 0 fully saturated rings. The summed E-state index contributed by atoms with van der Waals surface area (Å²) in [5, 5.41) is 0. The lowest BCUT2D eigenvalue weighted by Crippen LogP contribution is -2.39. The van der Waals surface area contributed by atoms with Crippen molar-refractivity contribution < 1.29 is 14.2 Å². The van der Waals surface area contributed by atoms with Crippen LogP contribution in [0.25, 0.3) is 0 Å². The van der Waals surface area contributed by atoms with Crippen LogP contribution in [0.3, 0.4) is 0 Å². The first-order chi connectivity index (χ1) is 12.0. The van der Waals surface area contributed by atoms with Gasteiger partial charge in [0, 0.05) is 19.1 Å². The van der Waals surface area contributed by atoms with Gasteiger partial charge in [0.15, 0.2) is 0 Å². The van der Waals surface area contributed by atoms with Crippen LogP contribution in [-0.2, 0) is 21.4 Å². The maximum Gasteiger partial charge on any atom is 0.147 e. The molecule has 1 spiro atoms. The fourth-order valence-electron chi connectivity index (χ4n) is 4.64. The summed E-state index contributed by atoms with van der Waals surface area (Å²) in [4.78, 5) is 2.42. The van der Waals surface area contributed by atoms with Crippen LogP contribution in [0.4, 0.5) is 0 Å².